The van der Waals surface area contributed by atoms with Crippen molar-refractivity contribution in [1.29, 1.82) is 0 Å². The summed E-state index contributed by atoms with van der Waals surface area (Å²) in [6.07, 6.45) is 6.97. The van der Waals surface area contributed by atoms with Gasteiger partial charge in [-0.3, -0.25) is 4.90 Å². The van der Waals surface area contributed by atoms with Crippen molar-refractivity contribution in [3.8, 4) is 0 Å². The van der Waals surface area contributed by atoms with Gasteiger partial charge in [0.2, 0.25) is 0 Å². The number of nitrogens with one attached hydrogen (secondary N) is 1. The van der Waals surface area contributed by atoms with Gasteiger partial charge in [0.15, 0.2) is 0 Å². The Morgan fingerprint density at radius 3 is 2.56 bits per heavy atom. The van der Waals surface area contributed by atoms with Crippen molar-refractivity contribution in [3.63, 3.8) is 0 Å². The number of piperazine rings is 1. The number of rotatable bonds is 3. The quantitative estimate of drug-likeness (QED) is 0.837. The fraction of sp³-hybridized carbons (Fsp3) is 1.00. The van der Waals surface area contributed by atoms with Gasteiger partial charge in [0.25, 0.3) is 0 Å². The first-order valence-corrected chi connectivity index (χ1v) is 7.62. The average Bonchev–Trinajstić information content (AvgIpc) is 2.31. The molecule has 106 valence electrons. The van der Waals surface area contributed by atoms with E-state index in [1.807, 2.05) is 0 Å². The first kappa shape index (κ1) is 14.3. The SMILES string of the molecule is CC(C)(C)OCCN1CCNCC12CCCCC2. The molecule has 3 nitrogen and oxygen atoms in total. The van der Waals surface area contributed by atoms with E-state index < -0.39 is 0 Å². The normalized spacial score (nSPS) is 25.5. The van der Waals surface area contributed by atoms with E-state index >= 15 is 0 Å². The zero-order chi connectivity index (χ0) is 13.1. The van der Waals surface area contributed by atoms with Crippen molar-refractivity contribution < 1.29 is 4.74 Å². The third-order valence-corrected chi connectivity index (χ3v) is 4.36. The van der Waals surface area contributed by atoms with Crippen LogP contribution >= 0.6 is 0 Å². The molecular formula is C15H30N2O. The zero-order valence-corrected chi connectivity index (χ0v) is 12.4. The van der Waals surface area contributed by atoms with Gasteiger partial charge >= 0.3 is 0 Å². The summed E-state index contributed by atoms with van der Waals surface area (Å²) in [5, 5.41) is 3.60. The molecule has 18 heavy (non-hydrogen) atoms. The molecule has 0 amide bonds. The first-order chi connectivity index (χ1) is 8.52. The van der Waals surface area contributed by atoms with Crippen molar-refractivity contribution in [2.24, 2.45) is 0 Å². The van der Waals surface area contributed by atoms with Gasteiger partial charge in [-0.1, -0.05) is 19.3 Å². The molecule has 0 aromatic heterocycles. The lowest BCUT2D eigenvalue weighted by Gasteiger charge is -2.50. The molecule has 1 aliphatic carbocycles. The number of nitrogens with zero attached hydrogens (tertiary/aromatic N) is 1. The van der Waals surface area contributed by atoms with Gasteiger partial charge < -0.3 is 10.1 Å². The van der Waals surface area contributed by atoms with Crippen LogP contribution in [0.15, 0.2) is 0 Å². The summed E-state index contributed by atoms with van der Waals surface area (Å²) < 4.78 is 5.90. The topological polar surface area (TPSA) is 24.5 Å². The van der Waals surface area contributed by atoms with E-state index in [0.717, 1.165) is 19.7 Å². The van der Waals surface area contributed by atoms with Crippen molar-refractivity contribution in [1.82, 2.24) is 10.2 Å². The minimum absolute atomic E-state index is 0.00619. The highest BCUT2D eigenvalue weighted by Gasteiger charge is 2.39. The number of hydrogen-bond acceptors (Lipinski definition) is 3. The van der Waals surface area contributed by atoms with E-state index in [1.54, 1.807) is 0 Å². The van der Waals surface area contributed by atoms with E-state index in [0.29, 0.717) is 5.54 Å². The molecular weight excluding hydrogens is 224 g/mol. The van der Waals surface area contributed by atoms with Crippen LogP contribution < -0.4 is 5.32 Å². The molecule has 1 N–H and O–H groups in total. The van der Waals surface area contributed by atoms with Gasteiger partial charge in [-0.2, -0.15) is 0 Å². The highest BCUT2D eigenvalue weighted by atomic mass is 16.5. The van der Waals surface area contributed by atoms with E-state index in [4.69, 9.17) is 4.74 Å². The monoisotopic (exact) mass is 254 g/mol. The van der Waals surface area contributed by atoms with Gasteiger partial charge in [0, 0.05) is 31.7 Å². The molecule has 1 spiro atoms. The van der Waals surface area contributed by atoms with Gasteiger partial charge in [-0.05, 0) is 33.6 Å². The van der Waals surface area contributed by atoms with Crippen molar-refractivity contribution in [3.05, 3.63) is 0 Å². The third-order valence-electron chi connectivity index (χ3n) is 4.36. The first-order valence-electron chi connectivity index (χ1n) is 7.62. The fourth-order valence-corrected chi connectivity index (χ4v) is 3.40. The van der Waals surface area contributed by atoms with Crippen molar-refractivity contribution >= 4 is 0 Å². The van der Waals surface area contributed by atoms with Gasteiger partial charge in [0.1, 0.15) is 0 Å². The lowest BCUT2D eigenvalue weighted by atomic mass is 9.79. The Balaban J connectivity index is 1.87. The largest absolute Gasteiger partial charge is 0.375 e. The highest BCUT2D eigenvalue weighted by molar-refractivity contribution is 4.97. The summed E-state index contributed by atoms with van der Waals surface area (Å²) in [6, 6.07) is 0. The Labute approximate surface area is 112 Å². The molecule has 2 rings (SSSR count). The Hall–Kier alpha value is -0.120. The van der Waals surface area contributed by atoms with E-state index in [9.17, 15) is 0 Å². The summed E-state index contributed by atoms with van der Waals surface area (Å²) in [6.45, 7) is 11.9. The molecule has 0 atom stereocenters. The van der Waals surface area contributed by atoms with E-state index in [2.05, 4.69) is 31.0 Å². The molecule has 0 radical (unpaired) electrons. The fourth-order valence-electron chi connectivity index (χ4n) is 3.40. The predicted molar refractivity (Wildman–Crippen MR) is 76.0 cm³/mol. The maximum Gasteiger partial charge on any atom is 0.0600 e. The smallest absolute Gasteiger partial charge is 0.0600 e. The van der Waals surface area contributed by atoms with Crippen LogP contribution in [0.5, 0.6) is 0 Å². The second-order valence-electron chi connectivity index (χ2n) is 6.91. The number of hydrogen-bond donors (Lipinski definition) is 1. The third kappa shape index (κ3) is 3.69. The van der Waals surface area contributed by atoms with Gasteiger partial charge in [0.05, 0.1) is 12.2 Å². The van der Waals surface area contributed by atoms with Crippen LogP contribution in [-0.4, -0.2) is 48.8 Å². The molecule has 2 fully saturated rings. The minimum Gasteiger partial charge on any atom is -0.375 e. The standard InChI is InChI=1S/C15H30N2O/c1-14(2,3)18-12-11-17-10-9-16-13-15(17)7-5-4-6-8-15/h16H,4-13H2,1-3H3. The Bertz CT molecular complexity index is 245. The number of ether oxygens (including phenoxy) is 1. The second-order valence-corrected chi connectivity index (χ2v) is 6.91. The molecule has 0 unspecified atom stereocenters. The van der Waals surface area contributed by atoms with Crippen molar-refractivity contribution in [2.45, 2.75) is 64.0 Å². The van der Waals surface area contributed by atoms with Crippen LogP contribution in [-0.2, 0) is 4.74 Å². The summed E-state index contributed by atoms with van der Waals surface area (Å²) in [4.78, 5) is 2.70. The zero-order valence-electron chi connectivity index (χ0n) is 12.4. The van der Waals surface area contributed by atoms with E-state index in [1.165, 1.54) is 45.2 Å². The molecule has 0 aromatic rings. The van der Waals surface area contributed by atoms with Gasteiger partial charge in [-0.15, -0.1) is 0 Å². The minimum atomic E-state index is -0.00619. The molecule has 2 aliphatic rings. The summed E-state index contributed by atoms with van der Waals surface area (Å²) >= 11 is 0. The molecule has 0 bridgehead atoms. The molecule has 3 heteroatoms. The Morgan fingerprint density at radius 2 is 1.89 bits per heavy atom. The maximum atomic E-state index is 5.90. The molecule has 0 aromatic carbocycles. The molecule has 1 saturated carbocycles. The van der Waals surface area contributed by atoms with Crippen LogP contribution in [0.4, 0.5) is 0 Å². The van der Waals surface area contributed by atoms with Crippen LogP contribution in [0, 0.1) is 0 Å². The van der Waals surface area contributed by atoms with Crippen LogP contribution in [0.3, 0.4) is 0 Å². The molecule has 1 heterocycles. The maximum absolute atomic E-state index is 5.90. The average molecular weight is 254 g/mol. The lowest BCUT2D eigenvalue weighted by Crippen LogP contribution is -2.62. The van der Waals surface area contributed by atoms with E-state index in [-0.39, 0.29) is 5.60 Å². The molecule has 1 saturated heterocycles. The Morgan fingerprint density at radius 1 is 1.17 bits per heavy atom. The summed E-state index contributed by atoms with van der Waals surface area (Å²) in [7, 11) is 0. The predicted octanol–water partition coefficient (Wildman–Crippen LogP) is 2.41. The highest BCUT2D eigenvalue weighted by Crippen LogP contribution is 2.34. The van der Waals surface area contributed by atoms with Crippen LogP contribution in [0.25, 0.3) is 0 Å². The van der Waals surface area contributed by atoms with Crippen LogP contribution in [0.2, 0.25) is 0 Å². The van der Waals surface area contributed by atoms with Crippen LogP contribution in [0.1, 0.15) is 52.9 Å². The summed E-state index contributed by atoms with van der Waals surface area (Å²) in [5.74, 6) is 0. The Kier molecular flexibility index (Phi) is 4.68. The van der Waals surface area contributed by atoms with Crippen molar-refractivity contribution in [2.75, 3.05) is 32.8 Å². The second kappa shape index (κ2) is 5.89. The summed E-state index contributed by atoms with van der Waals surface area (Å²) in [5.41, 5.74) is 0.436. The lowest BCUT2D eigenvalue weighted by molar-refractivity contribution is -0.0424. The molecule has 1 aliphatic heterocycles. The van der Waals surface area contributed by atoms with Gasteiger partial charge in [-0.25, -0.2) is 0 Å².